The molecule has 12 nitrogen and oxygen atoms in total. The predicted octanol–water partition coefficient (Wildman–Crippen LogP) is -1.42. The van der Waals surface area contributed by atoms with Crippen LogP contribution in [-0.2, 0) is 24.0 Å². The number of alkyl halides is 1. The van der Waals surface area contributed by atoms with Crippen molar-refractivity contribution < 1.29 is 44.1 Å². The lowest BCUT2D eigenvalue weighted by Gasteiger charge is -2.56. The van der Waals surface area contributed by atoms with Crippen molar-refractivity contribution in [3.05, 3.63) is 23.3 Å². The summed E-state index contributed by atoms with van der Waals surface area (Å²) in [6.45, 7) is 1.59. The van der Waals surface area contributed by atoms with E-state index in [4.69, 9.17) is 17.3 Å². The number of nitrogens with two attached hydrogens (primary N) is 1. The zero-order valence-electron chi connectivity index (χ0n) is 20.1. The van der Waals surface area contributed by atoms with Gasteiger partial charge in [-0.25, -0.2) is 0 Å². The molecule has 0 bridgehead atoms. The number of benzene rings is 1. The Morgan fingerprint density at radius 1 is 1.16 bits per heavy atom. The number of primary amides is 1. The quantitative estimate of drug-likeness (QED) is 0.173. The third-order valence-corrected chi connectivity index (χ3v) is 8.13. The van der Waals surface area contributed by atoms with Crippen molar-refractivity contribution >= 4 is 52.2 Å². The fourth-order valence-corrected chi connectivity index (χ4v) is 6.34. The molecule has 2 saturated carbocycles. The first kappa shape index (κ1) is 26.9. The van der Waals surface area contributed by atoms with Crippen LogP contribution in [-0.4, -0.2) is 92.9 Å². The first-order valence-corrected chi connectivity index (χ1v) is 12.0. The Bertz CT molecular complexity index is 1260. The Morgan fingerprint density at radius 3 is 2.32 bits per heavy atom. The van der Waals surface area contributed by atoms with Crippen molar-refractivity contribution in [2.24, 2.45) is 29.4 Å². The van der Waals surface area contributed by atoms with Crippen LogP contribution in [0.4, 0.5) is 5.69 Å². The molecule has 198 valence electrons. The van der Waals surface area contributed by atoms with E-state index in [1.54, 1.807) is 6.92 Å². The summed E-state index contributed by atoms with van der Waals surface area (Å²) in [5.41, 5.74) is 1.99. The van der Waals surface area contributed by atoms with Crippen molar-refractivity contribution in [3.8, 4) is 5.75 Å². The smallest absolute Gasteiger partial charge is 0.239 e. The monoisotopic (exact) mass is 535 g/mol. The largest absolute Gasteiger partial charge is 0.505 e. The third-order valence-electron chi connectivity index (χ3n) is 7.88. The van der Waals surface area contributed by atoms with Gasteiger partial charge in [0, 0.05) is 5.92 Å². The zero-order valence-corrected chi connectivity index (χ0v) is 20.9. The summed E-state index contributed by atoms with van der Waals surface area (Å²) in [5.74, 6) is -15.4. The lowest BCUT2D eigenvalue weighted by atomic mass is 9.49. The number of aromatic hydroxyl groups is 1. The summed E-state index contributed by atoms with van der Waals surface area (Å²) in [6, 6.07) is 1.34. The Kier molecular flexibility index (Phi) is 6.52. The van der Waals surface area contributed by atoms with Gasteiger partial charge >= 0.3 is 0 Å². The third kappa shape index (κ3) is 3.54. The molecule has 0 spiro atoms. The molecule has 3 aliphatic rings. The van der Waals surface area contributed by atoms with Gasteiger partial charge in [-0.05, 0) is 31.6 Å². The number of carbonyl (C=O) groups excluding carboxylic acids is 6. The SMILES string of the molecule is CC1c2ccc(NC(=O)CCl)c(O)c2C(=O)C2C(=O)[C@]3(O)C(=O)C(C(N)=O)C(=O)[C@@H](N(C)C)C3C(O)C21. The second-order valence-electron chi connectivity index (χ2n) is 9.97. The molecule has 1 aromatic carbocycles. The minimum Gasteiger partial charge on any atom is -0.505 e. The molecule has 0 heterocycles. The number of amides is 2. The van der Waals surface area contributed by atoms with Gasteiger partial charge < -0.3 is 26.4 Å². The second-order valence-corrected chi connectivity index (χ2v) is 10.2. The molecular formula is C24H26ClN3O9. The summed E-state index contributed by atoms with van der Waals surface area (Å²) in [5, 5.41) is 36.3. The van der Waals surface area contributed by atoms with E-state index >= 15 is 0 Å². The maximum absolute atomic E-state index is 13.8. The number of anilines is 1. The number of likely N-dealkylation sites (N-methyl/N-ethyl adjacent to an activating group) is 1. The van der Waals surface area contributed by atoms with E-state index in [2.05, 4.69) is 5.32 Å². The highest BCUT2D eigenvalue weighted by atomic mass is 35.5. The van der Waals surface area contributed by atoms with Crippen molar-refractivity contribution in [1.29, 1.82) is 0 Å². The van der Waals surface area contributed by atoms with E-state index in [9.17, 15) is 44.1 Å². The number of hydrogen-bond donors (Lipinski definition) is 5. The van der Waals surface area contributed by atoms with Gasteiger partial charge in [-0.1, -0.05) is 13.0 Å². The minimum atomic E-state index is -3.07. The van der Waals surface area contributed by atoms with Crippen LogP contribution < -0.4 is 11.1 Å². The average molecular weight is 536 g/mol. The van der Waals surface area contributed by atoms with Crippen LogP contribution in [0.5, 0.6) is 5.75 Å². The van der Waals surface area contributed by atoms with E-state index in [0.29, 0.717) is 0 Å². The number of phenols is 1. The summed E-state index contributed by atoms with van der Waals surface area (Å²) in [4.78, 5) is 79.0. The summed E-state index contributed by atoms with van der Waals surface area (Å²) in [7, 11) is 2.83. The maximum atomic E-state index is 13.8. The molecule has 2 fully saturated rings. The number of aliphatic hydroxyl groups is 2. The minimum absolute atomic E-state index is 0.149. The first-order valence-electron chi connectivity index (χ1n) is 11.5. The summed E-state index contributed by atoms with van der Waals surface area (Å²) >= 11 is 5.49. The van der Waals surface area contributed by atoms with Gasteiger partial charge in [-0.3, -0.25) is 33.7 Å². The molecule has 0 aliphatic heterocycles. The predicted molar refractivity (Wildman–Crippen MR) is 127 cm³/mol. The molecule has 1 aromatic rings. The first-order chi connectivity index (χ1) is 17.2. The Morgan fingerprint density at radius 2 is 1.78 bits per heavy atom. The normalized spacial score (nSPS) is 35.1. The number of nitrogens with one attached hydrogen (secondary N) is 1. The van der Waals surface area contributed by atoms with E-state index in [1.807, 2.05) is 0 Å². The van der Waals surface area contributed by atoms with Gasteiger partial charge in [0.05, 0.1) is 35.2 Å². The van der Waals surface area contributed by atoms with E-state index in [1.165, 1.54) is 31.1 Å². The lowest BCUT2D eigenvalue weighted by Crippen LogP contribution is -2.77. The Hall–Kier alpha value is -3.19. The van der Waals surface area contributed by atoms with Crippen molar-refractivity contribution in [3.63, 3.8) is 0 Å². The van der Waals surface area contributed by atoms with E-state index in [0.717, 1.165) is 0 Å². The van der Waals surface area contributed by atoms with Crippen LogP contribution in [0.3, 0.4) is 0 Å². The van der Waals surface area contributed by atoms with Gasteiger partial charge in [0.15, 0.2) is 34.7 Å². The highest BCUT2D eigenvalue weighted by Gasteiger charge is 2.72. The van der Waals surface area contributed by atoms with Crippen molar-refractivity contribution in [1.82, 2.24) is 4.90 Å². The number of Topliss-reactive ketones (excluding diaryl/α,β-unsaturated/α-hetero) is 4. The molecule has 13 heteroatoms. The van der Waals surface area contributed by atoms with Gasteiger partial charge in [-0.15, -0.1) is 11.6 Å². The number of hydrogen-bond acceptors (Lipinski definition) is 10. The van der Waals surface area contributed by atoms with Crippen LogP contribution in [0.15, 0.2) is 12.1 Å². The number of aliphatic hydroxyl groups excluding tert-OH is 1. The van der Waals surface area contributed by atoms with Crippen LogP contribution >= 0.6 is 11.6 Å². The van der Waals surface area contributed by atoms with E-state index in [-0.39, 0.29) is 16.8 Å². The van der Waals surface area contributed by atoms with Crippen LogP contribution in [0.1, 0.15) is 28.8 Å². The molecular weight excluding hydrogens is 510 g/mol. The zero-order chi connectivity index (χ0) is 27.7. The molecule has 8 atom stereocenters. The van der Waals surface area contributed by atoms with Gasteiger partial charge in [-0.2, -0.15) is 0 Å². The molecule has 37 heavy (non-hydrogen) atoms. The molecule has 3 aliphatic carbocycles. The Balaban J connectivity index is 1.91. The van der Waals surface area contributed by atoms with Gasteiger partial charge in [0.2, 0.25) is 11.8 Å². The fourth-order valence-electron chi connectivity index (χ4n) is 6.27. The standard InChI is InChI=1S/C24H26ClN3O9/c1-7-8-4-5-9(27-10(29)6-25)17(30)12(8)18(31)13-11(7)19(32)15-16(28(2)3)20(33)14(23(26)36)22(35)24(15,37)21(13)34/h4-5,7,11,13-16,19,30,32,37H,6H2,1-3H3,(H2,26,36)(H,27,29)/t7?,11?,13?,14?,15?,16-,19?,24-/m0/s1. The highest BCUT2D eigenvalue weighted by molar-refractivity contribution is 6.33. The van der Waals surface area contributed by atoms with E-state index < -0.39 is 93.9 Å². The number of ketones is 4. The summed E-state index contributed by atoms with van der Waals surface area (Å²) in [6.07, 6.45) is -1.72. The molecule has 6 N–H and O–H groups in total. The second kappa shape index (κ2) is 8.98. The molecule has 6 unspecified atom stereocenters. The van der Waals surface area contributed by atoms with Gasteiger partial charge in [0.1, 0.15) is 11.6 Å². The fraction of sp³-hybridized carbons (Fsp3) is 0.500. The molecule has 0 saturated heterocycles. The number of fused-ring (bicyclic) bond motifs is 3. The topological polar surface area (TPSA) is 204 Å². The van der Waals surface area contributed by atoms with Crippen LogP contribution in [0.25, 0.3) is 0 Å². The van der Waals surface area contributed by atoms with Crippen LogP contribution in [0.2, 0.25) is 0 Å². The number of nitrogens with zero attached hydrogens (tertiary/aromatic N) is 1. The molecule has 4 rings (SSSR count). The molecule has 2 amide bonds. The summed E-state index contributed by atoms with van der Waals surface area (Å²) < 4.78 is 0. The van der Waals surface area contributed by atoms with Gasteiger partial charge in [0.25, 0.3) is 0 Å². The number of halogens is 1. The highest BCUT2D eigenvalue weighted by Crippen LogP contribution is 2.55. The van der Waals surface area contributed by atoms with Crippen molar-refractivity contribution in [2.45, 2.75) is 30.6 Å². The Labute approximate surface area is 215 Å². The average Bonchev–Trinajstić information content (AvgIpc) is 2.82. The molecule has 0 radical (unpaired) electrons. The molecule has 0 aromatic heterocycles. The maximum Gasteiger partial charge on any atom is 0.239 e. The number of phenolic OH excluding ortho intramolecular Hbond substituents is 1. The number of rotatable bonds is 4. The van der Waals surface area contributed by atoms with Crippen LogP contribution in [0, 0.1) is 23.7 Å². The van der Waals surface area contributed by atoms with Crippen molar-refractivity contribution in [2.75, 3.05) is 25.3 Å². The number of carbonyl (C=O) groups is 6. The lowest BCUT2D eigenvalue weighted by molar-refractivity contribution is -0.196.